The molecular weight excluding hydrogens is 309 g/mol. The summed E-state index contributed by atoms with van der Waals surface area (Å²) in [5, 5.41) is 2.46. The van der Waals surface area contributed by atoms with Crippen LogP contribution in [0.15, 0.2) is 0 Å². The van der Waals surface area contributed by atoms with Crippen molar-refractivity contribution in [3.05, 3.63) is 0 Å². The van der Waals surface area contributed by atoms with E-state index in [1.165, 1.54) is 7.11 Å². The van der Waals surface area contributed by atoms with Crippen LogP contribution >= 0.6 is 0 Å². The van der Waals surface area contributed by atoms with E-state index < -0.39 is 35.7 Å². The third-order valence-corrected chi connectivity index (χ3v) is 4.58. The number of nitrogens with two attached hydrogens (primary N) is 1. The number of rotatable bonds is 5. The first-order valence-electron chi connectivity index (χ1n) is 8.14. The molecule has 1 aliphatic carbocycles. The maximum atomic E-state index is 13.5. The van der Waals surface area contributed by atoms with Crippen molar-refractivity contribution in [1.29, 1.82) is 0 Å². The summed E-state index contributed by atoms with van der Waals surface area (Å²) in [6.45, 7) is 5.09. The van der Waals surface area contributed by atoms with Crippen molar-refractivity contribution in [3.8, 4) is 0 Å². The van der Waals surface area contributed by atoms with Gasteiger partial charge >= 0.3 is 12.1 Å². The van der Waals surface area contributed by atoms with Gasteiger partial charge in [0.2, 0.25) is 0 Å². The zero-order chi connectivity index (χ0) is 17.8. The summed E-state index contributed by atoms with van der Waals surface area (Å²) in [5.74, 6) is -0.885. The molecule has 3 atom stereocenters. The molecule has 1 saturated carbocycles. The second kappa shape index (κ2) is 7.83. The maximum Gasteiger partial charge on any atom is 0.405 e. The van der Waals surface area contributed by atoms with Gasteiger partial charge in [-0.05, 0) is 24.2 Å². The third kappa shape index (κ3) is 5.64. The van der Waals surface area contributed by atoms with Gasteiger partial charge in [-0.15, -0.1) is 0 Å². The highest BCUT2D eigenvalue weighted by Crippen LogP contribution is 2.33. The molecule has 2 unspecified atom stereocenters. The summed E-state index contributed by atoms with van der Waals surface area (Å²) in [6, 6.07) is -4.06. The molecule has 0 aromatic rings. The molecule has 0 amide bonds. The topological polar surface area (TPSA) is 64.3 Å². The van der Waals surface area contributed by atoms with Crippen molar-refractivity contribution in [2.45, 2.75) is 77.2 Å². The van der Waals surface area contributed by atoms with E-state index in [9.17, 15) is 18.0 Å². The molecule has 3 N–H and O–H groups in total. The molecule has 7 heteroatoms. The zero-order valence-corrected chi connectivity index (χ0v) is 14.4. The fourth-order valence-electron chi connectivity index (χ4n) is 3.18. The Kier molecular flexibility index (Phi) is 6.89. The van der Waals surface area contributed by atoms with E-state index in [-0.39, 0.29) is 5.92 Å². The Morgan fingerprint density at radius 2 is 1.70 bits per heavy atom. The SMILES string of the molecule is COC(=O)[C@@H](NC(C(N)C1CCCCC1)C(F)(F)F)C(C)(C)C. The average Bonchev–Trinajstić information content (AvgIpc) is 2.45. The van der Waals surface area contributed by atoms with Crippen LogP contribution in [0.3, 0.4) is 0 Å². The summed E-state index contributed by atoms with van der Waals surface area (Å²) in [4.78, 5) is 11.9. The summed E-state index contributed by atoms with van der Waals surface area (Å²) < 4.78 is 45.3. The monoisotopic (exact) mass is 338 g/mol. The van der Waals surface area contributed by atoms with Gasteiger partial charge in [0, 0.05) is 6.04 Å². The number of hydrogen-bond acceptors (Lipinski definition) is 4. The smallest absolute Gasteiger partial charge is 0.405 e. The van der Waals surface area contributed by atoms with Crippen LogP contribution in [0.4, 0.5) is 13.2 Å². The quantitative estimate of drug-likeness (QED) is 0.757. The van der Waals surface area contributed by atoms with Crippen molar-refractivity contribution >= 4 is 5.97 Å². The van der Waals surface area contributed by atoms with Gasteiger partial charge in [-0.25, -0.2) is 0 Å². The van der Waals surface area contributed by atoms with E-state index in [4.69, 9.17) is 5.73 Å². The summed E-state index contributed by atoms with van der Waals surface area (Å²) in [5.41, 5.74) is 5.26. The number of nitrogens with one attached hydrogen (secondary N) is 1. The Bertz CT molecular complexity index is 388. The maximum absolute atomic E-state index is 13.5. The lowest BCUT2D eigenvalue weighted by Crippen LogP contribution is -2.63. The number of alkyl halides is 3. The molecule has 1 aliphatic rings. The van der Waals surface area contributed by atoms with Gasteiger partial charge in [0.05, 0.1) is 7.11 Å². The molecule has 1 rings (SSSR count). The number of methoxy groups -OCH3 is 1. The standard InChI is InChI=1S/C16H29F3N2O2/c1-15(2,3)13(14(22)23-4)21-12(16(17,18)19)11(20)10-8-6-5-7-9-10/h10-13,21H,5-9,20H2,1-4H3/t11?,12?,13-/m1/s1. The molecule has 136 valence electrons. The largest absolute Gasteiger partial charge is 0.468 e. The lowest BCUT2D eigenvalue weighted by Gasteiger charge is -2.39. The molecule has 23 heavy (non-hydrogen) atoms. The predicted molar refractivity (Wildman–Crippen MR) is 82.8 cm³/mol. The van der Waals surface area contributed by atoms with E-state index in [1.807, 2.05) is 0 Å². The highest BCUT2D eigenvalue weighted by atomic mass is 19.4. The van der Waals surface area contributed by atoms with Crippen molar-refractivity contribution < 1.29 is 22.7 Å². The molecule has 0 radical (unpaired) electrons. The van der Waals surface area contributed by atoms with E-state index in [0.29, 0.717) is 12.8 Å². The number of halogens is 3. The summed E-state index contributed by atoms with van der Waals surface area (Å²) >= 11 is 0. The minimum Gasteiger partial charge on any atom is -0.468 e. The van der Waals surface area contributed by atoms with Crippen LogP contribution in [0, 0.1) is 11.3 Å². The minimum absolute atomic E-state index is 0.179. The van der Waals surface area contributed by atoms with Gasteiger partial charge in [-0.3, -0.25) is 10.1 Å². The number of carbonyl (C=O) groups excluding carboxylic acids is 1. The molecule has 0 aliphatic heterocycles. The highest BCUT2D eigenvalue weighted by molar-refractivity contribution is 5.76. The Labute approximate surface area is 136 Å². The lowest BCUT2D eigenvalue weighted by molar-refractivity contribution is -0.172. The Morgan fingerprint density at radius 3 is 2.09 bits per heavy atom. The Hall–Kier alpha value is -0.820. The van der Waals surface area contributed by atoms with Gasteiger partial charge in [0.15, 0.2) is 0 Å². The van der Waals surface area contributed by atoms with E-state index >= 15 is 0 Å². The van der Waals surface area contributed by atoms with Crippen molar-refractivity contribution in [1.82, 2.24) is 5.32 Å². The number of ether oxygens (including phenoxy) is 1. The lowest BCUT2D eigenvalue weighted by atomic mass is 9.80. The third-order valence-electron chi connectivity index (χ3n) is 4.58. The second-order valence-electron chi connectivity index (χ2n) is 7.48. The van der Waals surface area contributed by atoms with Gasteiger partial charge in [0.25, 0.3) is 0 Å². The van der Waals surface area contributed by atoms with Crippen molar-refractivity contribution in [2.24, 2.45) is 17.1 Å². The van der Waals surface area contributed by atoms with Crippen LogP contribution in [0.5, 0.6) is 0 Å². The number of esters is 1. The average molecular weight is 338 g/mol. The van der Waals surface area contributed by atoms with Crippen LogP contribution in [-0.4, -0.2) is 37.4 Å². The van der Waals surface area contributed by atoms with Crippen molar-refractivity contribution in [3.63, 3.8) is 0 Å². The van der Waals surface area contributed by atoms with E-state index in [1.54, 1.807) is 20.8 Å². The molecule has 0 saturated heterocycles. The fraction of sp³-hybridized carbons (Fsp3) is 0.938. The van der Waals surface area contributed by atoms with Crippen LogP contribution in [0.2, 0.25) is 0 Å². The fourth-order valence-corrected chi connectivity index (χ4v) is 3.18. The first-order valence-corrected chi connectivity index (χ1v) is 8.14. The molecule has 0 spiro atoms. The summed E-state index contributed by atoms with van der Waals surface area (Å²) in [7, 11) is 1.17. The van der Waals surface area contributed by atoms with Crippen LogP contribution in [0.1, 0.15) is 52.9 Å². The van der Waals surface area contributed by atoms with Gasteiger partial charge in [0.1, 0.15) is 12.1 Å². The van der Waals surface area contributed by atoms with Gasteiger partial charge < -0.3 is 10.5 Å². The van der Waals surface area contributed by atoms with Crippen LogP contribution in [-0.2, 0) is 9.53 Å². The molecule has 0 bridgehead atoms. The van der Waals surface area contributed by atoms with E-state index in [0.717, 1.165) is 19.3 Å². The van der Waals surface area contributed by atoms with Gasteiger partial charge in [-0.2, -0.15) is 13.2 Å². The predicted octanol–water partition coefficient (Wildman–Crippen LogP) is 3.00. The van der Waals surface area contributed by atoms with Gasteiger partial charge in [-0.1, -0.05) is 40.0 Å². The first kappa shape index (κ1) is 20.2. The second-order valence-corrected chi connectivity index (χ2v) is 7.48. The first-order chi connectivity index (χ1) is 10.5. The highest BCUT2D eigenvalue weighted by Gasteiger charge is 2.49. The molecule has 0 aromatic carbocycles. The molecule has 0 aromatic heterocycles. The van der Waals surface area contributed by atoms with E-state index in [2.05, 4.69) is 10.1 Å². The number of carbonyl (C=O) groups is 1. The Balaban J connectivity index is 2.98. The number of hydrogen-bond donors (Lipinski definition) is 2. The molecule has 1 fully saturated rings. The zero-order valence-electron chi connectivity index (χ0n) is 14.4. The minimum atomic E-state index is -4.52. The van der Waals surface area contributed by atoms with Crippen LogP contribution in [0.25, 0.3) is 0 Å². The normalized spacial score (nSPS) is 21.6. The summed E-state index contributed by atoms with van der Waals surface area (Å²) in [6.07, 6.45) is -0.262. The molecular formula is C16H29F3N2O2. The molecule has 0 heterocycles. The Morgan fingerprint density at radius 1 is 1.17 bits per heavy atom. The van der Waals surface area contributed by atoms with Crippen LogP contribution < -0.4 is 11.1 Å². The van der Waals surface area contributed by atoms with Crippen molar-refractivity contribution in [2.75, 3.05) is 7.11 Å². The molecule has 4 nitrogen and oxygen atoms in total.